The molecule has 1 aromatic heterocycles. The lowest BCUT2D eigenvalue weighted by Gasteiger charge is -2.30. The predicted octanol–water partition coefficient (Wildman–Crippen LogP) is 1.96. The fourth-order valence-electron chi connectivity index (χ4n) is 4.06. The Morgan fingerprint density at radius 3 is 2.37 bits per heavy atom. The normalized spacial score (nSPS) is 17.6. The summed E-state index contributed by atoms with van der Waals surface area (Å²) in [5, 5.41) is 0.833. The van der Waals surface area contributed by atoms with Crippen LogP contribution in [0.1, 0.15) is 40.0 Å². The van der Waals surface area contributed by atoms with Gasteiger partial charge in [-0.1, -0.05) is 23.9 Å². The lowest BCUT2D eigenvalue weighted by molar-refractivity contribution is -0.883. The molecule has 1 amide bonds. The Morgan fingerprint density at radius 1 is 1.03 bits per heavy atom. The Morgan fingerprint density at radius 2 is 1.70 bits per heavy atom. The minimum atomic E-state index is 0.148. The zero-order chi connectivity index (χ0) is 21.1. The standard InChI is InChI=1S/C23H31N5OS/c1-17-18(2)24-23(25-21(17)27-10-4-5-11-27)30-16-19-6-8-20(9-7-19)22(29)28-14-12-26(3)13-15-28/h6-9H,4-5,10-16H2,1-3H3/p+1. The first-order valence-corrected chi connectivity index (χ1v) is 11.9. The van der Waals surface area contributed by atoms with Crippen LogP contribution in [0.5, 0.6) is 0 Å². The molecule has 1 aromatic carbocycles. The highest BCUT2D eigenvalue weighted by Gasteiger charge is 2.22. The molecule has 0 bridgehead atoms. The first kappa shape index (κ1) is 21.1. The summed E-state index contributed by atoms with van der Waals surface area (Å²) in [5.74, 6) is 2.04. The number of aromatic nitrogens is 2. The van der Waals surface area contributed by atoms with Crippen molar-refractivity contribution in [2.24, 2.45) is 0 Å². The van der Waals surface area contributed by atoms with Gasteiger partial charge in [0.05, 0.1) is 33.2 Å². The third-order valence-corrected chi connectivity index (χ3v) is 7.14. The van der Waals surface area contributed by atoms with Gasteiger partial charge in [-0.2, -0.15) is 0 Å². The molecular formula is C23H32N5OS+. The Bertz CT molecular complexity index is 887. The molecule has 2 aromatic rings. The number of aryl methyl sites for hydroxylation is 1. The SMILES string of the molecule is Cc1nc(SCc2ccc(C(=O)N3CC[NH+](C)CC3)cc2)nc(N2CCCC2)c1C. The van der Waals surface area contributed by atoms with Crippen LogP contribution in [-0.2, 0) is 5.75 Å². The monoisotopic (exact) mass is 426 g/mol. The fourth-order valence-corrected chi connectivity index (χ4v) is 4.90. The summed E-state index contributed by atoms with van der Waals surface area (Å²) < 4.78 is 0. The van der Waals surface area contributed by atoms with Crippen molar-refractivity contribution >= 4 is 23.5 Å². The zero-order valence-electron chi connectivity index (χ0n) is 18.3. The van der Waals surface area contributed by atoms with E-state index in [-0.39, 0.29) is 5.91 Å². The summed E-state index contributed by atoms with van der Waals surface area (Å²) in [6.07, 6.45) is 2.48. The van der Waals surface area contributed by atoms with Crippen molar-refractivity contribution in [3.8, 4) is 0 Å². The number of rotatable bonds is 5. The number of likely N-dealkylation sites (N-methyl/N-ethyl adjacent to an activating group) is 1. The molecule has 0 saturated carbocycles. The van der Waals surface area contributed by atoms with Crippen LogP contribution in [0.2, 0.25) is 0 Å². The molecule has 2 aliphatic rings. The summed E-state index contributed by atoms with van der Waals surface area (Å²) in [7, 11) is 2.18. The number of anilines is 1. The second-order valence-electron chi connectivity index (χ2n) is 8.47. The van der Waals surface area contributed by atoms with Crippen molar-refractivity contribution in [1.82, 2.24) is 14.9 Å². The van der Waals surface area contributed by atoms with Gasteiger partial charge in [0, 0.05) is 35.7 Å². The molecule has 6 nitrogen and oxygen atoms in total. The quantitative estimate of drug-likeness (QED) is 0.585. The summed E-state index contributed by atoms with van der Waals surface area (Å²) in [6.45, 7) is 10.1. The molecule has 0 spiro atoms. The number of carbonyl (C=O) groups excluding carboxylic acids is 1. The lowest BCUT2D eigenvalue weighted by Crippen LogP contribution is -3.12. The molecule has 7 heteroatoms. The van der Waals surface area contributed by atoms with E-state index in [4.69, 9.17) is 9.97 Å². The molecule has 2 saturated heterocycles. The van der Waals surface area contributed by atoms with E-state index in [1.807, 2.05) is 17.0 Å². The number of quaternary nitrogens is 1. The molecule has 2 fully saturated rings. The molecule has 0 aliphatic carbocycles. The Balaban J connectivity index is 1.39. The molecule has 4 rings (SSSR count). The largest absolute Gasteiger partial charge is 0.356 e. The van der Waals surface area contributed by atoms with E-state index in [1.54, 1.807) is 11.8 Å². The minimum Gasteiger partial charge on any atom is -0.356 e. The number of piperazine rings is 1. The fraction of sp³-hybridized carbons (Fsp3) is 0.522. The highest BCUT2D eigenvalue weighted by Crippen LogP contribution is 2.28. The lowest BCUT2D eigenvalue weighted by atomic mass is 10.1. The maximum Gasteiger partial charge on any atom is 0.254 e. The highest BCUT2D eigenvalue weighted by molar-refractivity contribution is 7.98. The first-order chi connectivity index (χ1) is 14.5. The topological polar surface area (TPSA) is 53.8 Å². The minimum absolute atomic E-state index is 0.148. The zero-order valence-corrected chi connectivity index (χ0v) is 19.1. The predicted molar refractivity (Wildman–Crippen MR) is 121 cm³/mol. The Hall–Kier alpha value is -2.12. The van der Waals surface area contributed by atoms with E-state index >= 15 is 0 Å². The molecule has 30 heavy (non-hydrogen) atoms. The molecule has 0 radical (unpaired) electrons. The third kappa shape index (κ3) is 4.78. The number of hydrogen-bond acceptors (Lipinski definition) is 5. The Labute approximate surface area is 183 Å². The van der Waals surface area contributed by atoms with Gasteiger partial charge in [-0.05, 0) is 44.4 Å². The number of nitrogens with zero attached hydrogens (tertiary/aromatic N) is 4. The molecular weight excluding hydrogens is 394 g/mol. The van der Waals surface area contributed by atoms with Gasteiger partial charge < -0.3 is 14.7 Å². The third-order valence-electron chi connectivity index (χ3n) is 6.22. The summed E-state index contributed by atoms with van der Waals surface area (Å²) in [5.41, 5.74) is 4.21. The molecule has 0 atom stereocenters. The van der Waals surface area contributed by atoms with E-state index in [0.29, 0.717) is 0 Å². The van der Waals surface area contributed by atoms with Gasteiger partial charge >= 0.3 is 0 Å². The van der Waals surface area contributed by atoms with Crippen LogP contribution in [0.15, 0.2) is 29.4 Å². The van der Waals surface area contributed by atoms with Crippen LogP contribution in [0.25, 0.3) is 0 Å². The number of amides is 1. The van der Waals surface area contributed by atoms with E-state index < -0.39 is 0 Å². The van der Waals surface area contributed by atoms with Crippen molar-refractivity contribution in [1.29, 1.82) is 0 Å². The van der Waals surface area contributed by atoms with Gasteiger partial charge in [-0.25, -0.2) is 9.97 Å². The number of nitrogens with one attached hydrogen (secondary N) is 1. The maximum absolute atomic E-state index is 12.7. The molecule has 2 aliphatic heterocycles. The van der Waals surface area contributed by atoms with Crippen molar-refractivity contribution in [3.05, 3.63) is 46.6 Å². The van der Waals surface area contributed by atoms with Crippen LogP contribution < -0.4 is 9.80 Å². The van der Waals surface area contributed by atoms with Crippen molar-refractivity contribution in [2.45, 2.75) is 37.6 Å². The van der Waals surface area contributed by atoms with Crippen LogP contribution in [0, 0.1) is 13.8 Å². The van der Waals surface area contributed by atoms with Crippen LogP contribution in [0.3, 0.4) is 0 Å². The summed E-state index contributed by atoms with van der Waals surface area (Å²) in [6, 6.07) is 8.04. The van der Waals surface area contributed by atoms with Crippen molar-refractivity contribution in [2.75, 3.05) is 51.2 Å². The smallest absolute Gasteiger partial charge is 0.254 e. The van der Waals surface area contributed by atoms with Gasteiger partial charge in [-0.15, -0.1) is 0 Å². The Kier molecular flexibility index (Phi) is 6.58. The van der Waals surface area contributed by atoms with E-state index in [9.17, 15) is 4.79 Å². The van der Waals surface area contributed by atoms with Gasteiger partial charge in [-0.3, -0.25) is 4.79 Å². The average Bonchev–Trinajstić information content (AvgIpc) is 3.29. The summed E-state index contributed by atoms with van der Waals surface area (Å²) >= 11 is 1.66. The van der Waals surface area contributed by atoms with Crippen molar-refractivity contribution < 1.29 is 9.69 Å². The van der Waals surface area contributed by atoms with Gasteiger partial charge in [0.2, 0.25) is 0 Å². The van der Waals surface area contributed by atoms with Gasteiger partial charge in [0.1, 0.15) is 5.82 Å². The van der Waals surface area contributed by atoms with Crippen molar-refractivity contribution in [3.63, 3.8) is 0 Å². The number of carbonyl (C=O) groups is 1. The van der Waals surface area contributed by atoms with Gasteiger partial charge in [0.25, 0.3) is 5.91 Å². The van der Waals surface area contributed by atoms with Gasteiger partial charge in [0.15, 0.2) is 5.16 Å². The number of hydrogen-bond donors (Lipinski definition) is 1. The number of benzene rings is 1. The van der Waals surface area contributed by atoms with E-state index in [1.165, 1.54) is 28.9 Å². The molecule has 1 N–H and O–H groups in total. The highest BCUT2D eigenvalue weighted by atomic mass is 32.2. The second-order valence-corrected chi connectivity index (χ2v) is 9.41. The van der Waals surface area contributed by atoms with E-state index in [0.717, 1.165) is 67.3 Å². The maximum atomic E-state index is 12.7. The van der Waals surface area contributed by atoms with E-state index in [2.05, 4.69) is 37.9 Å². The van der Waals surface area contributed by atoms with Crippen LogP contribution in [-0.4, -0.2) is 67.1 Å². The number of thioether (sulfide) groups is 1. The first-order valence-electron chi connectivity index (χ1n) is 10.9. The second kappa shape index (κ2) is 9.35. The van der Waals surface area contributed by atoms with Crippen LogP contribution >= 0.6 is 11.8 Å². The summed E-state index contributed by atoms with van der Waals surface area (Å²) in [4.78, 5) is 28.1. The molecule has 0 unspecified atom stereocenters. The molecule has 160 valence electrons. The van der Waals surface area contributed by atoms with Crippen LogP contribution in [0.4, 0.5) is 5.82 Å². The molecule has 3 heterocycles. The average molecular weight is 427 g/mol.